The monoisotopic (exact) mass is 414 g/mol. The van der Waals surface area contributed by atoms with E-state index in [4.69, 9.17) is 0 Å². The van der Waals surface area contributed by atoms with Crippen LogP contribution < -0.4 is 10.0 Å². The maximum absolute atomic E-state index is 11.8. The van der Waals surface area contributed by atoms with Crippen molar-refractivity contribution in [2.75, 3.05) is 5.32 Å². The smallest absolute Gasteiger partial charge is 0.312 e. The zero-order chi connectivity index (χ0) is 17.9. The van der Waals surface area contributed by atoms with Crippen molar-refractivity contribution in [1.29, 1.82) is 0 Å². The van der Waals surface area contributed by atoms with Gasteiger partial charge in [-0.3, -0.25) is 14.9 Å². The van der Waals surface area contributed by atoms with Crippen molar-refractivity contribution in [2.45, 2.75) is 11.8 Å². The highest BCUT2D eigenvalue weighted by molar-refractivity contribution is 9.10. The maximum atomic E-state index is 11.8. The van der Waals surface area contributed by atoms with Crippen LogP contribution in [0, 0.1) is 10.1 Å². The molecule has 0 saturated carbocycles. The van der Waals surface area contributed by atoms with Crippen LogP contribution in [-0.2, 0) is 14.8 Å². The SMILES string of the molecule is CC(=O)NS(=O)(=O)c1ccc(Nc2ncc(Br)cc2[N+](=O)[O-])cc1. The van der Waals surface area contributed by atoms with Crippen LogP contribution in [0.25, 0.3) is 0 Å². The zero-order valence-corrected chi connectivity index (χ0v) is 14.6. The number of anilines is 2. The first kappa shape index (κ1) is 17.8. The van der Waals surface area contributed by atoms with Crippen molar-refractivity contribution in [3.05, 3.63) is 51.1 Å². The number of carbonyl (C=O) groups excluding carboxylic acids is 1. The highest BCUT2D eigenvalue weighted by atomic mass is 79.9. The number of hydrogen-bond acceptors (Lipinski definition) is 7. The number of rotatable bonds is 5. The molecular formula is C13H11BrN4O5S. The summed E-state index contributed by atoms with van der Waals surface area (Å²) in [6, 6.07) is 6.63. The van der Waals surface area contributed by atoms with Crippen molar-refractivity contribution in [1.82, 2.24) is 9.71 Å². The molecule has 2 aromatic rings. The van der Waals surface area contributed by atoms with Crippen LogP contribution in [0.1, 0.15) is 6.92 Å². The van der Waals surface area contributed by atoms with E-state index in [0.717, 1.165) is 6.92 Å². The fraction of sp³-hybridized carbons (Fsp3) is 0.0769. The van der Waals surface area contributed by atoms with Gasteiger partial charge in [-0.2, -0.15) is 0 Å². The first-order chi connectivity index (χ1) is 11.2. The molecule has 0 aliphatic heterocycles. The number of nitrogens with one attached hydrogen (secondary N) is 2. The normalized spacial score (nSPS) is 10.9. The van der Waals surface area contributed by atoms with Crippen molar-refractivity contribution in [3.8, 4) is 0 Å². The lowest BCUT2D eigenvalue weighted by Crippen LogP contribution is -2.28. The van der Waals surface area contributed by atoms with Crippen LogP contribution >= 0.6 is 15.9 Å². The summed E-state index contributed by atoms with van der Waals surface area (Å²) in [6.07, 6.45) is 1.39. The van der Waals surface area contributed by atoms with Gasteiger partial charge in [0.1, 0.15) is 0 Å². The molecule has 24 heavy (non-hydrogen) atoms. The van der Waals surface area contributed by atoms with E-state index in [1.165, 1.54) is 36.5 Å². The summed E-state index contributed by atoms with van der Waals surface area (Å²) in [7, 11) is -3.93. The lowest BCUT2D eigenvalue weighted by atomic mass is 10.3. The van der Waals surface area contributed by atoms with E-state index in [2.05, 4.69) is 26.2 Å². The number of pyridine rings is 1. The van der Waals surface area contributed by atoms with Crippen LogP contribution in [0.4, 0.5) is 17.2 Å². The molecule has 2 N–H and O–H groups in total. The molecule has 0 spiro atoms. The van der Waals surface area contributed by atoms with Crippen LogP contribution in [0.3, 0.4) is 0 Å². The second kappa shape index (κ2) is 6.93. The van der Waals surface area contributed by atoms with Crippen molar-refractivity contribution in [2.24, 2.45) is 0 Å². The van der Waals surface area contributed by atoms with Crippen LogP contribution in [-0.4, -0.2) is 24.2 Å². The quantitative estimate of drug-likeness (QED) is 0.566. The lowest BCUT2D eigenvalue weighted by molar-refractivity contribution is -0.384. The molecule has 1 aromatic heterocycles. The van der Waals surface area contributed by atoms with Gasteiger partial charge in [-0.25, -0.2) is 18.1 Å². The third-order valence-electron chi connectivity index (χ3n) is 2.74. The van der Waals surface area contributed by atoms with E-state index in [0.29, 0.717) is 10.2 Å². The fourth-order valence-electron chi connectivity index (χ4n) is 1.77. The van der Waals surface area contributed by atoms with Gasteiger partial charge in [0.25, 0.3) is 10.0 Å². The van der Waals surface area contributed by atoms with Crippen molar-refractivity contribution < 1.29 is 18.1 Å². The molecule has 0 aliphatic carbocycles. The number of benzene rings is 1. The van der Waals surface area contributed by atoms with Gasteiger partial charge < -0.3 is 5.32 Å². The summed E-state index contributed by atoms with van der Waals surface area (Å²) >= 11 is 3.11. The Hall–Kier alpha value is -2.53. The molecule has 0 saturated heterocycles. The largest absolute Gasteiger partial charge is 0.334 e. The van der Waals surface area contributed by atoms with Gasteiger partial charge in [0.05, 0.1) is 9.82 Å². The first-order valence-electron chi connectivity index (χ1n) is 6.39. The topological polar surface area (TPSA) is 131 Å². The molecule has 126 valence electrons. The number of halogens is 1. The molecule has 0 atom stereocenters. The number of aromatic nitrogens is 1. The molecule has 11 heteroatoms. The Morgan fingerprint density at radius 2 is 1.92 bits per heavy atom. The molecule has 0 fully saturated rings. The van der Waals surface area contributed by atoms with E-state index in [-0.39, 0.29) is 16.4 Å². The molecule has 0 radical (unpaired) electrons. The molecule has 0 aliphatic rings. The first-order valence-corrected chi connectivity index (χ1v) is 8.67. The molecular weight excluding hydrogens is 404 g/mol. The number of nitrogens with zero attached hydrogens (tertiary/aromatic N) is 2. The number of sulfonamides is 1. The Morgan fingerprint density at radius 3 is 2.46 bits per heavy atom. The standard InChI is InChI=1S/C13H11BrN4O5S/c1-8(19)17-24(22,23)11-4-2-10(3-5-11)16-13-12(18(20)21)6-9(14)7-15-13/h2-7H,1H3,(H,15,16)(H,17,19). The van der Waals surface area contributed by atoms with Gasteiger partial charge in [0.15, 0.2) is 0 Å². The van der Waals surface area contributed by atoms with E-state index in [9.17, 15) is 23.3 Å². The summed E-state index contributed by atoms with van der Waals surface area (Å²) in [6.45, 7) is 1.09. The summed E-state index contributed by atoms with van der Waals surface area (Å²) in [5.41, 5.74) is 0.161. The van der Waals surface area contributed by atoms with Crippen LogP contribution in [0.2, 0.25) is 0 Å². The minimum atomic E-state index is -3.93. The van der Waals surface area contributed by atoms with E-state index < -0.39 is 20.9 Å². The third kappa shape index (κ3) is 4.26. The van der Waals surface area contributed by atoms with Gasteiger partial charge in [0, 0.05) is 29.3 Å². The van der Waals surface area contributed by atoms with Gasteiger partial charge in [-0.15, -0.1) is 0 Å². The molecule has 9 nitrogen and oxygen atoms in total. The summed E-state index contributed by atoms with van der Waals surface area (Å²) in [5.74, 6) is -0.687. The number of carbonyl (C=O) groups is 1. The van der Waals surface area contributed by atoms with E-state index in [1.807, 2.05) is 4.72 Å². The zero-order valence-electron chi connectivity index (χ0n) is 12.2. The predicted octanol–water partition coefficient (Wildman–Crippen LogP) is 2.32. The fourth-order valence-corrected chi connectivity index (χ4v) is 3.08. The minimum Gasteiger partial charge on any atom is -0.334 e. The molecule has 2 rings (SSSR count). The average Bonchev–Trinajstić information content (AvgIpc) is 2.48. The number of hydrogen-bond donors (Lipinski definition) is 2. The van der Waals surface area contributed by atoms with Crippen molar-refractivity contribution >= 4 is 49.1 Å². The van der Waals surface area contributed by atoms with Gasteiger partial charge in [0.2, 0.25) is 11.7 Å². The van der Waals surface area contributed by atoms with E-state index in [1.54, 1.807) is 0 Å². The highest BCUT2D eigenvalue weighted by Gasteiger charge is 2.18. The molecule has 1 amide bonds. The molecule has 1 aromatic carbocycles. The Morgan fingerprint density at radius 1 is 1.29 bits per heavy atom. The molecule has 0 unspecified atom stereocenters. The van der Waals surface area contributed by atoms with E-state index >= 15 is 0 Å². The average molecular weight is 415 g/mol. The Labute approximate surface area is 145 Å². The highest BCUT2D eigenvalue weighted by Crippen LogP contribution is 2.28. The second-order valence-electron chi connectivity index (χ2n) is 4.59. The minimum absolute atomic E-state index is 0.0145. The summed E-state index contributed by atoms with van der Waals surface area (Å²) in [5, 5.41) is 13.8. The lowest BCUT2D eigenvalue weighted by Gasteiger charge is -2.08. The summed E-state index contributed by atoms with van der Waals surface area (Å²) in [4.78, 5) is 25.2. The van der Waals surface area contributed by atoms with Gasteiger partial charge >= 0.3 is 5.69 Å². The predicted molar refractivity (Wildman–Crippen MR) is 89.3 cm³/mol. The third-order valence-corrected chi connectivity index (χ3v) is 4.62. The molecule has 1 heterocycles. The van der Waals surface area contributed by atoms with Gasteiger partial charge in [-0.05, 0) is 40.2 Å². The second-order valence-corrected chi connectivity index (χ2v) is 7.19. The number of amides is 1. The Bertz CT molecular complexity index is 899. The number of nitro groups is 1. The maximum Gasteiger partial charge on any atom is 0.312 e. The Balaban J connectivity index is 2.27. The van der Waals surface area contributed by atoms with Gasteiger partial charge in [-0.1, -0.05) is 0 Å². The molecule has 0 bridgehead atoms. The Kier molecular flexibility index (Phi) is 5.14. The van der Waals surface area contributed by atoms with Crippen molar-refractivity contribution in [3.63, 3.8) is 0 Å². The van der Waals surface area contributed by atoms with Crippen LogP contribution in [0.5, 0.6) is 0 Å². The van der Waals surface area contributed by atoms with Crippen LogP contribution in [0.15, 0.2) is 45.9 Å². The summed E-state index contributed by atoms with van der Waals surface area (Å²) < 4.78 is 26.0.